The fourth-order valence-corrected chi connectivity index (χ4v) is 5.14. The van der Waals surface area contributed by atoms with Gasteiger partial charge in [0.25, 0.3) is 0 Å². The van der Waals surface area contributed by atoms with Crippen molar-refractivity contribution in [3.63, 3.8) is 0 Å². The SMILES string of the molecule is CN(C)c1ccc([C@@H]2NC[C@@H](CSc3nc(-c4cccs4)cc(C(F)(F)F)c3C#N)O2)cc1. The van der Waals surface area contributed by atoms with Crippen LogP contribution in [0.3, 0.4) is 0 Å². The molecule has 0 saturated carbocycles. The quantitative estimate of drug-likeness (QED) is 0.458. The maximum atomic E-state index is 13.7. The van der Waals surface area contributed by atoms with E-state index in [1.807, 2.05) is 43.3 Å². The smallest absolute Gasteiger partial charge is 0.378 e. The molecule has 10 heteroatoms. The van der Waals surface area contributed by atoms with Crippen molar-refractivity contribution < 1.29 is 17.9 Å². The summed E-state index contributed by atoms with van der Waals surface area (Å²) in [4.78, 5) is 7.02. The van der Waals surface area contributed by atoms with Gasteiger partial charge in [-0.3, -0.25) is 5.32 Å². The summed E-state index contributed by atoms with van der Waals surface area (Å²) in [6.45, 7) is 0.547. The monoisotopic (exact) mass is 490 g/mol. The Bertz CT molecular complexity index is 1140. The molecule has 0 bridgehead atoms. The number of thiophene rings is 1. The van der Waals surface area contributed by atoms with E-state index in [1.54, 1.807) is 23.6 Å². The highest BCUT2D eigenvalue weighted by atomic mass is 32.2. The van der Waals surface area contributed by atoms with Crippen LogP contribution in [0.4, 0.5) is 18.9 Å². The lowest BCUT2D eigenvalue weighted by molar-refractivity contribution is -0.138. The van der Waals surface area contributed by atoms with Gasteiger partial charge in [-0.05, 0) is 35.2 Å². The Morgan fingerprint density at radius 3 is 2.64 bits per heavy atom. The van der Waals surface area contributed by atoms with Crippen molar-refractivity contribution in [2.75, 3.05) is 31.3 Å². The third-order valence-corrected chi connectivity index (χ3v) is 7.15. The Morgan fingerprint density at radius 1 is 1.27 bits per heavy atom. The minimum Gasteiger partial charge on any atom is -0.378 e. The van der Waals surface area contributed by atoms with Crippen molar-refractivity contribution in [3.05, 3.63) is 64.5 Å². The molecule has 1 N–H and O–H groups in total. The number of pyridine rings is 1. The van der Waals surface area contributed by atoms with E-state index in [-0.39, 0.29) is 23.1 Å². The highest BCUT2D eigenvalue weighted by Crippen LogP contribution is 2.39. The first-order valence-electron chi connectivity index (χ1n) is 10.1. The summed E-state index contributed by atoms with van der Waals surface area (Å²) in [5.74, 6) is 0.367. The van der Waals surface area contributed by atoms with Crippen molar-refractivity contribution in [2.45, 2.75) is 23.5 Å². The summed E-state index contributed by atoms with van der Waals surface area (Å²) in [5, 5.41) is 14.6. The number of nitrogens with one attached hydrogen (secondary N) is 1. The van der Waals surface area contributed by atoms with Crippen molar-refractivity contribution >= 4 is 28.8 Å². The molecule has 0 radical (unpaired) electrons. The standard InChI is InChI=1S/C23H21F3N4OS2/c1-30(2)15-7-5-14(6-8-15)21-28-12-16(31-21)13-33-22-17(11-27)18(23(24,25)26)10-19(29-22)20-4-3-9-32-20/h3-10,16,21,28H,12-13H2,1-2H3/t16-,21+/m0/s1. The van der Waals surface area contributed by atoms with Gasteiger partial charge in [-0.25, -0.2) is 4.98 Å². The molecule has 1 saturated heterocycles. The first kappa shape index (κ1) is 23.6. The van der Waals surface area contributed by atoms with E-state index in [0.717, 1.165) is 29.1 Å². The number of anilines is 1. The lowest BCUT2D eigenvalue weighted by atomic mass is 10.1. The summed E-state index contributed by atoms with van der Waals surface area (Å²) in [6.07, 6.45) is -5.18. The van der Waals surface area contributed by atoms with Crippen molar-refractivity contribution in [3.8, 4) is 16.6 Å². The summed E-state index contributed by atoms with van der Waals surface area (Å²) in [7, 11) is 3.93. The zero-order chi connectivity index (χ0) is 23.6. The number of nitrogens with zero attached hydrogens (tertiary/aromatic N) is 3. The highest BCUT2D eigenvalue weighted by molar-refractivity contribution is 7.99. The summed E-state index contributed by atoms with van der Waals surface area (Å²) < 4.78 is 47.1. The number of hydrogen-bond acceptors (Lipinski definition) is 7. The Balaban J connectivity index is 1.51. The second-order valence-electron chi connectivity index (χ2n) is 7.67. The van der Waals surface area contributed by atoms with Gasteiger partial charge in [0.2, 0.25) is 0 Å². The van der Waals surface area contributed by atoms with Gasteiger partial charge in [0.05, 0.1) is 27.8 Å². The summed E-state index contributed by atoms with van der Waals surface area (Å²) >= 11 is 2.42. The van der Waals surface area contributed by atoms with Crippen molar-refractivity contribution in [2.24, 2.45) is 0 Å². The zero-order valence-corrected chi connectivity index (χ0v) is 19.5. The van der Waals surface area contributed by atoms with Crippen LogP contribution in [0.2, 0.25) is 0 Å². The van der Waals surface area contributed by atoms with E-state index < -0.39 is 17.3 Å². The molecule has 0 amide bonds. The van der Waals surface area contributed by atoms with E-state index in [9.17, 15) is 18.4 Å². The number of thioether (sulfide) groups is 1. The van der Waals surface area contributed by atoms with Gasteiger partial charge in [-0.15, -0.1) is 23.1 Å². The number of rotatable bonds is 6. The lowest BCUT2D eigenvalue weighted by Crippen LogP contribution is -2.17. The first-order valence-corrected chi connectivity index (χ1v) is 12.0. The van der Waals surface area contributed by atoms with Gasteiger partial charge >= 0.3 is 6.18 Å². The van der Waals surface area contributed by atoms with Crippen LogP contribution in [0.5, 0.6) is 0 Å². The van der Waals surface area contributed by atoms with Crippen LogP contribution in [-0.4, -0.2) is 37.5 Å². The van der Waals surface area contributed by atoms with Crippen LogP contribution >= 0.6 is 23.1 Å². The van der Waals surface area contributed by atoms with Gasteiger partial charge in [-0.2, -0.15) is 18.4 Å². The van der Waals surface area contributed by atoms with Crippen molar-refractivity contribution in [1.82, 2.24) is 10.3 Å². The summed E-state index contributed by atoms with van der Waals surface area (Å²) in [5.41, 5.74) is 0.848. The second-order valence-corrected chi connectivity index (χ2v) is 9.62. The van der Waals surface area contributed by atoms with E-state index in [2.05, 4.69) is 10.3 Å². The molecule has 4 rings (SSSR count). The van der Waals surface area contributed by atoms with Crippen LogP contribution in [0.1, 0.15) is 22.9 Å². The first-order chi connectivity index (χ1) is 15.8. The molecule has 172 valence electrons. The van der Waals surface area contributed by atoms with Gasteiger partial charge in [0.1, 0.15) is 17.3 Å². The number of hydrogen-bond donors (Lipinski definition) is 1. The Hall–Kier alpha value is -2.58. The van der Waals surface area contributed by atoms with Crippen LogP contribution in [-0.2, 0) is 10.9 Å². The predicted octanol–water partition coefficient (Wildman–Crippen LogP) is 5.55. The average molecular weight is 491 g/mol. The second kappa shape index (κ2) is 9.73. The molecule has 1 aromatic carbocycles. The van der Waals surface area contributed by atoms with Crippen LogP contribution in [0, 0.1) is 11.3 Å². The van der Waals surface area contributed by atoms with Gasteiger partial charge in [0.15, 0.2) is 0 Å². The van der Waals surface area contributed by atoms with Gasteiger partial charge < -0.3 is 9.64 Å². The maximum absolute atomic E-state index is 13.7. The molecule has 0 aliphatic carbocycles. The molecular formula is C23H21F3N4OS2. The molecular weight excluding hydrogens is 469 g/mol. The number of halogens is 3. The third-order valence-electron chi connectivity index (χ3n) is 5.15. The number of benzene rings is 1. The summed E-state index contributed by atoms with van der Waals surface area (Å²) in [6, 6.07) is 14.1. The van der Waals surface area contributed by atoms with Gasteiger partial charge in [0, 0.05) is 32.1 Å². The number of ether oxygens (including phenoxy) is 1. The molecule has 0 unspecified atom stereocenters. The molecule has 0 spiro atoms. The van der Waals surface area contributed by atoms with E-state index in [1.165, 1.54) is 11.3 Å². The molecule has 3 heterocycles. The fraction of sp³-hybridized carbons (Fsp3) is 0.304. The van der Waals surface area contributed by atoms with Crippen molar-refractivity contribution in [1.29, 1.82) is 5.26 Å². The molecule has 5 nitrogen and oxygen atoms in total. The Morgan fingerprint density at radius 2 is 2.03 bits per heavy atom. The largest absolute Gasteiger partial charge is 0.417 e. The highest BCUT2D eigenvalue weighted by Gasteiger charge is 2.36. The van der Waals surface area contributed by atoms with E-state index >= 15 is 0 Å². The van der Waals surface area contributed by atoms with Crippen LogP contribution < -0.4 is 10.2 Å². The topological polar surface area (TPSA) is 61.2 Å². The molecule has 2 aromatic heterocycles. The minimum absolute atomic E-state index is 0.0677. The maximum Gasteiger partial charge on any atom is 0.417 e. The molecule has 1 aliphatic heterocycles. The normalized spacial score (nSPS) is 18.3. The molecule has 33 heavy (non-hydrogen) atoms. The minimum atomic E-state index is -4.65. The Labute approximate surface area is 198 Å². The van der Waals surface area contributed by atoms with E-state index in [0.29, 0.717) is 17.2 Å². The third kappa shape index (κ3) is 5.33. The number of aromatic nitrogens is 1. The molecule has 2 atom stereocenters. The zero-order valence-electron chi connectivity index (χ0n) is 17.9. The van der Waals surface area contributed by atoms with Crippen LogP contribution in [0.15, 0.2) is 52.9 Å². The molecule has 1 aliphatic rings. The fourth-order valence-electron chi connectivity index (χ4n) is 3.45. The van der Waals surface area contributed by atoms with Gasteiger partial charge in [-0.1, -0.05) is 18.2 Å². The number of alkyl halides is 3. The molecule has 3 aromatic rings. The Kier molecular flexibility index (Phi) is 6.95. The van der Waals surface area contributed by atoms with Crippen LogP contribution in [0.25, 0.3) is 10.6 Å². The average Bonchev–Trinajstić information content (AvgIpc) is 3.49. The van der Waals surface area contributed by atoms with E-state index in [4.69, 9.17) is 4.74 Å². The lowest BCUT2D eigenvalue weighted by Gasteiger charge is -2.16. The molecule has 1 fully saturated rings. The number of nitriles is 1. The predicted molar refractivity (Wildman–Crippen MR) is 124 cm³/mol.